The highest BCUT2D eigenvalue weighted by Crippen LogP contribution is 2.26. The van der Waals surface area contributed by atoms with Crippen molar-refractivity contribution >= 4 is 17.8 Å². The maximum absolute atomic E-state index is 12.2. The van der Waals surface area contributed by atoms with Gasteiger partial charge in [-0.25, -0.2) is 4.79 Å². The Balaban J connectivity index is 1.70. The van der Waals surface area contributed by atoms with Crippen LogP contribution in [0.4, 0.5) is 0 Å². The Labute approximate surface area is 200 Å². The zero-order valence-corrected chi connectivity index (χ0v) is 19.9. The quantitative estimate of drug-likeness (QED) is 0.130. The molecule has 0 aromatic heterocycles. The van der Waals surface area contributed by atoms with Crippen molar-refractivity contribution in [2.75, 3.05) is 14.2 Å². The van der Waals surface area contributed by atoms with Crippen molar-refractivity contribution in [3.8, 4) is 5.75 Å². The minimum absolute atomic E-state index is 0.280. The lowest BCUT2D eigenvalue weighted by Gasteiger charge is -2.15. The molecule has 0 N–H and O–H groups in total. The van der Waals surface area contributed by atoms with Gasteiger partial charge < -0.3 is 19.0 Å². The van der Waals surface area contributed by atoms with Crippen molar-refractivity contribution in [2.45, 2.75) is 27.1 Å². The van der Waals surface area contributed by atoms with E-state index in [1.54, 1.807) is 6.21 Å². The summed E-state index contributed by atoms with van der Waals surface area (Å²) in [5.41, 5.74) is 5.86. The molecule has 0 bridgehead atoms. The first-order valence-electron chi connectivity index (χ1n) is 10.9. The number of hydrogen-bond acceptors (Lipinski definition) is 6. The molecule has 0 atom stereocenters. The topological polar surface area (TPSA) is 66.4 Å². The Kier molecular flexibility index (Phi) is 8.86. The van der Waals surface area contributed by atoms with Gasteiger partial charge in [-0.2, -0.15) is 0 Å². The number of carbonyl (C=O) groups is 1. The fourth-order valence-electron chi connectivity index (χ4n) is 3.40. The molecule has 0 unspecified atom stereocenters. The molecule has 6 heteroatoms. The summed E-state index contributed by atoms with van der Waals surface area (Å²) in [4.78, 5) is 17.6. The normalized spacial score (nSPS) is 11.4. The molecule has 0 heterocycles. The maximum Gasteiger partial charge on any atom is 0.341 e. The molecule has 176 valence electrons. The summed E-state index contributed by atoms with van der Waals surface area (Å²) in [5.74, 6) is 0.282. The smallest absolute Gasteiger partial charge is 0.341 e. The number of oxime groups is 1. The monoisotopic (exact) mass is 459 g/mol. The van der Waals surface area contributed by atoms with Crippen LogP contribution in [0.1, 0.15) is 33.4 Å². The third kappa shape index (κ3) is 6.48. The lowest BCUT2D eigenvalue weighted by Crippen LogP contribution is -2.08. The molecule has 0 aliphatic rings. The molecule has 34 heavy (non-hydrogen) atoms. The Hall–Kier alpha value is -4.06. The second kappa shape index (κ2) is 12.3. The number of hydrogen-bond donors (Lipinski definition) is 0. The van der Waals surface area contributed by atoms with Crippen LogP contribution in [0, 0.1) is 13.8 Å². The third-order valence-electron chi connectivity index (χ3n) is 5.24. The van der Waals surface area contributed by atoms with Gasteiger partial charge in [-0.3, -0.25) is 0 Å². The van der Waals surface area contributed by atoms with E-state index >= 15 is 0 Å². The van der Waals surface area contributed by atoms with E-state index in [0.29, 0.717) is 17.7 Å². The van der Waals surface area contributed by atoms with Crippen LogP contribution in [0.5, 0.6) is 5.75 Å². The number of esters is 1. The van der Waals surface area contributed by atoms with Crippen LogP contribution in [-0.2, 0) is 32.3 Å². The largest absolute Gasteiger partial charge is 0.503 e. The van der Waals surface area contributed by atoms with E-state index in [1.807, 2.05) is 80.6 Å². The van der Waals surface area contributed by atoms with Crippen molar-refractivity contribution < 1.29 is 23.8 Å². The number of carbonyl (C=O) groups excluding carboxylic acids is 1. The van der Waals surface area contributed by atoms with Crippen LogP contribution >= 0.6 is 0 Å². The summed E-state index contributed by atoms with van der Waals surface area (Å²) in [6, 6.07) is 21.4. The van der Waals surface area contributed by atoms with E-state index in [0.717, 1.165) is 33.6 Å². The fourth-order valence-corrected chi connectivity index (χ4v) is 3.40. The number of aryl methyl sites for hydroxylation is 2. The van der Waals surface area contributed by atoms with Crippen LogP contribution < -0.4 is 4.74 Å². The molecule has 0 saturated heterocycles. The average molecular weight is 460 g/mol. The van der Waals surface area contributed by atoms with Crippen molar-refractivity contribution in [3.05, 3.63) is 106 Å². The van der Waals surface area contributed by atoms with Crippen LogP contribution in [0.25, 0.3) is 5.57 Å². The van der Waals surface area contributed by atoms with E-state index < -0.39 is 5.97 Å². The number of ether oxygens (including phenoxy) is 3. The molecular weight excluding hydrogens is 430 g/mol. The van der Waals surface area contributed by atoms with Crippen molar-refractivity contribution in [1.29, 1.82) is 0 Å². The van der Waals surface area contributed by atoms with E-state index in [9.17, 15) is 4.79 Å². The SMILES string of the molecule is COC=C(C(=O)OC)c1ccccc1COc1cc(C)c(C=NOCc2ccccc2)cc1C. The molecule has 3 aromatic carbocycles. The molecule has 3 rings (SSSR count). The molecule has 3 aromatic rings. The van der Waals surface area contributed by atoms with Gasteiger partial charge in [-0.15, -0.1) is 0 Å². The van der Waals surface area contributed by atoms with Gasteiger partial charge in [0.25, 0.3) is 0 Å². The van der Waals surface area contributed by atoms with Crippen LogP contribution in [0.15, 0.2) is 78.1 Å². The van der Waals surface area contributed by atoms with Gasteiger partial charge in [0, 0.05) is 0 Å². The fraction of sp³-hybridized carbons (Fsp3) is 0.214. The van der Waals surface area contributed by atoms with Gasteiger partial charge in [-0.1, -0.05) is 59.8 Å². The summed E-state index contributed by atoms with van der Waals surface area (Å²) in [7, 11) is 2.83. The van der Waals surface area contributed by atoms with E-state index in [2.05, 4.69) is 5.16 Å². The van der Waals surface area contributed by atoms with Gasteiger partial charge >= 0.3 is 5.97 Å². The Morgan fingerprint density at radius 2 is 1.65 bits per heavy atom. The van der Waals surface area contributed by atoms with Gasteiger partial charge in [0.05, 0.1) is 26.7 Å². The first-order valence-corrected chi connectivity index (χ1v) is 10.9. The third-order valence-corrected chi connectivity index (χ3v) is 5.24. The summed E-state index contributed by atoms with van der Waals surface area (Å²) in [6.07, 6.45) is 3.09. The Bertz CT molecular complexity index is 1170. The molecule has 0 aliphatic heterocycles. The van der Waals surface area contributed by atoms with Crippen LogP contribution in [0.3, 0.4) is 0 Å². The van der Waals surface area contributed by atoms with Crippen LogP contribution in [0.2, 0.25) is 0 Å². The summed E-state index contributed by atoms with van der Waals surface area (Å²) in [5, 5.41) is 4.11. The van der Waals surface area contributed by atoms with E-state index in [4.69, 9.17) is 19.0 Å². The molecule has 0 saturated carbocycles. The van der Waals surface area contributed by atoms with E-state index in [1.165, 1.54) is 20.5 Å². The zero-order valence-electron chi connectivity index (χ0n) is 19.9. The molecule has 0 spiro atoms. The molecular formula is C28H29NO5. The second-order valence-corrected chi connectivity index (χ2v) is 7.67. The van der Waals surface area contributed by atoms with Crippen molar-refractivity contribution in [1.82, 2.24) is 0 Å². The average Bonchev–Trinajstić information content (AvgIpc) is 2.86. The lowest BCUT2D eigenvalue weighted by molar-refractivity contribution is -0.133. The Morgan fingerprint density at radius 3 is 2.38 bits per heavy atom. The van der Waals surface area contributed by atoms with Gasteiger partial charge in [-0.05, 0) is 59.4 Å². The van der Waals surface area contributed by atoms with Gasteiger partial charge in [0.2, 0.25) is 0 Å². The first-order chi connectivity index (χ1) is 16.5. The van der Waals surface area contributed by atoms with Crippen molar-refractivity contribution in [3.63, 3.8) is 0 Å². The predicted molar refractivity (Wildman–Crippen MR) is 133 cm³/mol. The standard InChI is InChI=1S/C28H29NO5/c1-20-15-27(21(2)14-24(20)16-29-34-17-22-10-6-5-7-11-22)33-18-23-12-8-9-13-25(23)26(19-31-3)28(30)32-4/h5-16,19H,17-18H2,1-4H3. The number of nitrogens with zero attached hydrogens (tertiary/aromatic N) is 1. The number of methoxy groups -OCH3 is 2. The van der Waals surface area contributed by atoms with Crippen molar-refractivity contribution in [2.24, 2.45) is 5.16 Å². The molecule has 0 amide bonds. The lowest BCUT2D eigenvalue weighted by atomic mass is 10.0. The minimum Gasteiger partial charge on any atom is -0.503 e. The highest BCUT2D eigenvalue weighted by molar-refractivity contribution is 6.16. The van der Waals surface area contributed by atoms with E-state index in [-0.39, 0.29) is 6.61 Å². The first kappa shape index (κ1) is 24.6. The van der Waals surface area contributed by atoms with Gasteiger partial charge in [0.15, 0.2) is 0 Å². The summed E-state index contributed by atoms with van der Waals surface area (Å²) in [6.45, 7) is 4.67. The Morgan fingerprint density at radius 1 is 0.912 bits per heavy atom. The summed E-state index contributed by atoms with van der Waals surface area (Å²) < 4.78 is 16.1. The minimum atomic E-state index is -0.473. The second-order valence-electron chi connectivity index (χ2n) is 7.67. The molecule has 0 fully saturated rings. The number of benzene rings is 3. The predicted octanol–water partition coefficient (Wildman–Crippen LogP) is 5.59. The zero-order chi connectivity index (χ0) is 24.3. The highest BCUT2D eigenvalue weighted by Gasteiger charge is 2.17. The molecule has 0 radical (unpaired) electrons. The highest BCUT2D eigenvalue weighted by atomic mass is 16.6. The number of rotatable bonds is 10. The molecule has 6 nitrogen and oxygen atoms in total. The van der Waals surface area contributed by atoms with Gasteiger partial charge in [0.1, 0.15) is 24.5 Å². The summed E-state index contributed by atoms with van der Waals surface area (Å²) >= 11 is 0. The molecule has 0 aliphatic carbocycles. The van der Waals surface area contributed by atoms with Crippen LogP contribution in [-0.4, -0.2) is 26.4 Å². The maximum atomic E-state index is 12.2.